The van der Waals surface area contributed by atoms with E-state index in [1.165, 1.54) is 25.7 Å². The van der Waals surface area contributed by atoms with Crippen LogP contribution in [0.25, 0.3) is 16.9 Å². The van der Waals surface area contributed by atoms with Crippen LogP contribution in [0.4, 0.5) is 11.8 Å². The lowest BCUT2D eigenvalue weighted by Crippen LogP contribution is -2.47. The zero-order valence-corrected chi connectivity index (χ0v) is 20.5. The molecule has 1 aliphatic heterocycles. The minimum absolute atomic E-state index is 0.194. The molecule has 4 aromatic rings. The summed E-state index contributed by atoms with van der Waals surface area (Å²) in [4.78, 5) is 19.3. The molecule has 0 amide bonds. The van der Waals surface area contributed by atoms with Crippen molar-refractivity contribution in [1.82, 2.24) is 34.2 Å². The smallest absolute Gasteiger partial charge is 0.229 e. The fourth-order valence-corrected chi connectivity index (χ4v) is 5.31. The maximum absolute atomic E-state index is 9.28. The Labute approximate surface area is 210 Å². The van der Waals surface area contributed by atoms with Gasteiger partial charge in [0.05, 0.1) is 18.6 Å². The number of β-amino-alcohol motifs (C(OH)–C–C–N with tert-alkyl or cyclic N) is 1. The Kier molecular flexibility index (Phi) is 6.52. The highest BCUT2D eigenvalue weighted by Gasteiger charge is 2.24. The number of benzene rings is 1. The van der Waals surface area contributed by atoms with Gasteiger partial charge in [-0.15, -0.1) is 0 Å². The van der Waals surface area contributed by atoms with Crippen LogP contribution in [0.15, 0.2) is 49.1 Å². The van der Waals surface area contributed by atoms with Crippen LogP contribution in [0.5, 0.6) is 0 Å². The number of hydrogen-bond donors (Lipinski definition) is 2. The Morgan fingerprint density at radius 3 is 2.53 bits per heavy atom. The van der Waals surface area contributed by atoms with Crippen molar-refractivity contribution in [2.45, 2.75) is 38.3 Å². The number of aromatic nitrogens is 6. The number of aliphatic hydroxyl groups is 1. The third-order valence-electron chi connectivity index (χ3n) is 7.36. The van der Waals surface area contributed by atoms with Crippen LogP contribution >= 0.6 is 0 Å². The first-order valence-corrected chi connectivity index (χ1v) is 12.9. The van der Waals surface area contributed by atoms with Crippen LogP contribution in [0.3, 0.4) is 0 Å². The normalized spacial score (nSPS) is 17.3. The molecule has 2 aliphatic rings. The van der Waals surface area contributed by atoms with Gasteiger partial charge in [0.15, 0.2) is 17.0 Å². The fraction of sp³-hybridized carbons (Fsp3) is 0.462. The van der Waals surface area contributed by atoms with Gasteiger partial charge < -0.3 is 19.9 Å². The highest BCUT2D eigenvalue weighted by Crippen LogP contribution is 2.33. The van der Waals surface area contributed by atoms with Crippen molar-refractivity contribution >= 4 is 22.9 Å². The Morgan fingerprint density at radius 2 is 1.81 bits per heavy atom. The number of piperazine rings is 1. The van der Waals surface area contributed by atoms with Crippen molar-refractivity contribution in [3.05, 3.63) is 54.6 Å². The lowest BCUT2D eigenvalue weighted by atomic mass is 10.2. The van der Waals surface area contributed by atoms with Crippen molar-refractivity contribution in [3.8, 4) is 5.69 Å². The molecule has 0 unspecified atom stereocenters. The van der Waals surface area contributed by atoms with Crippen LogP contribution in [-0.2, 0) is 6.54 Å². The monoisotopic (exact) mass is 487 g/mol. The van der Waals surface area contributed by atoms with Gasteiger partial charge in [0.2, 0.25) is 5.95 Å². The average Bonchev–Trinajstić information content (AvgIpc) is 3.70. The number of hydrogen-bond acceptors (Lipinski definition) is 8. The van der Waals surface area contributed by atoms with E-state index >= 15 is 0 Å². The number of anilines is 2. The minimum atomic E-state index is 0.194. The van der Waals surface area contributed by atoms with Crippen LogP contribution in [0.1, 0.15) is 37.3 Å². The highest BCUT2D eigenvalue weighted by atomic mass is 16.3. The van der Waals surface area contributed by atoms with E-state index in [-0.39, 0.29) is 6.61 Å². The molecule has 2 fully saturated rings. The third kappa shape index (κ3) is 4.66. The Balaban J connectivity index is 1.26. The Bertz CT molecular complexity index is 1270. The molecular weight excluding hydrogens is 454 g/mol. The summed E-state index contributed by atoms with van der Waals surface area (Å²) in [5.41, 5.74) is 3.94. The van der Waals surface area contributed by atoms with E-state index in [0.29, 0.717) is 19.1 Å². The van der Waals surface area contributed by atoms with Crippen molar-refractivity contribution < 1.29 is 5.11 Å². The van der Waals surface area contributed by atoms with Gasteiger partial charge in [-0.1, -0.05) is 25.0 Å². The molecular formula is C26H33N9O. The van der Waals surface area contributed by atoms with Gasteiger partial charge >= 0.3 is 0 Å². The van der Waals surface area contributed by atoms with Gasteiger partial charge in [-0.05, 0) is 36.6 Å². The van der Waals surface area contributed by atoms with Gasteiger partial charge in [0.25, 0.3) is 0 Å². The summed E-state index contributed by atoms with van der Waals surface area (Å²) in [6, 6.07) is 10.8. The molecule has 0 spiro atoms. The van der Waals surface area contributed by atoms with Crippen molar-refractivity contribution in [1.29, 1.82) is 0 Å². The summed E-state index contributed by atoms with van der Waals surface area (Å²) in [6.07, 6.45) is 10.5. The lowest BCUT2D eigenvalue weighted by molar-refractivity contribution is 0.188. The van der Waals surface area contributed by atoms with Crippen molar-refractivity contribution in [2.75, 3.05) is 49.5 Å². The maximum Gasteiger partial charge on any atom is 0.229 e. The number of nitrogens with one attached hydrogen (secondary N) is 1. The van der Waals surface area contributed by atoms with Gasteiger partial charge in [-0.25, -0.2) is 9.67 Å². The first-order valence-electron chi connectivity index (χ1n) is 12.9. The molecule has 0 radical (unpaired) electrons. The van der Waals surface area contributed by atoms with Gasteiger partial charge in [-0.2, -0.15) is 15.1 Å². The van der Waals surface area contributed by atoms with Crippen molar-refractivity contribution in [3.63, 3.8) is 0 Å². The van der Waals surface area contributed by atoms with E-state index in [4.69, 9.17) is 15.0 Å². The second-order valence-electron chi connectivity index (χ2n) is 9.66. The minimum Gasteiger partial charge on any atom is -0.395 e. The van der Waals surface area contributed by atoms with E-state index in [2.05, 4.69) is 49.0 Å². The molecule has 1 aliphatic carbocycles. The van der Waals surface area contributed by atoms with Gasteiger partial charge in [0.1, 0.15) is 0 Å². The zero-order chi connectivity index (χ0) is 24.3. The third-order valence-corrected chi connectivity index (χ3v) is 7.36. The summed E-state index contributed by atoms with van der Waals surface area (Å²) in [7, 11) is 0. The molecule has 0 bridgehead atoms. The van der Waals surface area contributed by atoms with E-state index in [9.17, 15) is 5.11 Å². The fourth-order valence-electron chi connectivity index (χ4n) is 5.31. The number of imidazole rings is 1. The van der Waals surface area contributed by atoms with Crippen LogP contribution in [0, 0.1) is 0 Å². The molecule has 0 atom stereocenters. The maximum atomic E-state index is 9.28. The summed E-state index contributed by atoms with van der Waals surface area (Å²) in [6.45, 7) is 5.04. The van der Waals surface area contributed by atoms with E-state index in [1.54, 1.807) is 6.20 Å². The standard InChI is InChI=1S/C26H33N9O/c36-17-16-32-12-14-33(15-13-32)26-30-24(23-25(31-26)34(19-28-23)21-4-1-2-5-21)27-18-20-6-8-22(9-7-20)35-11-3-10-29-35/h3,6-11,19,21,36H,1-2,4-5,12-18H2,(H,27,30,31). The van der Waals surface area contributed by atoms with Crippen LogP contribution in [0.2, 0.25) is 0 Å². The van der Waals surface area contributed by atoms with Crippen LogP contribution in [-0.4, -0.2) is 78.6 Å². The molecule has 3 aromatic heterocycles. The number of nitrogens with zero attached hydrogens (tertiary/aromatic N) is 8. The predicted octanol–water partition coefficient (Wildman–Crippen LogP) is 2.85. The quantitative estimate of drug-likeness (QED) is 0.391. The second kappa shape index (κ2) is 10.2. The van der Waals surface area contributed by atoms with Gasteiger partial charge in [0, 0.05) is 57.7 Å². The summed E-state index contributed by atoms with van der Waals surface area (Å²) in [5, 5.41) is 17.1. The summed E-state index contributed by atoms with van der Waals surface area (Å²) in [5.74, 6) is 1.53. The summed E-state index contributed by atoms with van der Waals surface area (Å²) < 4.78 is 4.12. The molecule has 1 aromatic carbocycles. The SMILES string of the molecule is OCCN1CCN(c2nc(NCc3ccc(-n4cccn4)cc3)c3ncn(C4CCCC4)c3n2)CC1. The second-order valence-corrected chi connectivity index (χ2v) is 9.66. The van der Waals surface area contributed by atoms with Gasteiger partial charge in [-0.3, -0.25) is 4.90 Å². The lowest BCUT2D eigenvalue weighted by Gasteiger charge is -2.34. The first kappa shape index (κ1) is 22.9. The predicted molar refractivity (Wildman–Crippen MR) is 139 cm³/mol. The summed E-state index contributed by atoms with van der Waals surface area (Å²) >= 11 is 0. The molecule has 1 saturated heterocycles. The molecule has 10 heteroatoms. The van der Waals surface area contributed by atoms with E-state index in [0.717, 1.165) is 60.4 Å². The largest absolute Gasteiger partial charge is 0.395 e. The van der Waals surface area contributed by atoms with Crippen molar-refractivity contribution in [2.24, 2.45) is 0 Å². The van der Waals surface area contributed by atoms with E-state index in [1.807, 2.05) is 23.3 Å². The Hall–Kier alpha value is -3.50. The number of fused-ring (bicyclic) bond motifs is 1. The molecule has 6 rings (SSSR count). The Morgan fingerprint density at radius 1 is 1.00 bits per heavy atom. The topological polar surface area (TPSA) is 100 Å². The van der Waals surface area contributed by atoms with Crippen LogP contribution < -0.4 is 10.2 Å². The number of rotatable bonds is 8. The molecule has 4 heterocycles. The zero-order valence-electron chi connectivity index (χ0n) is 20.5. The van der Waals surface area contributed by atoms with E-state index < -0.39 is 0 Å². The molecule has 1 saturated carbocycles. The number of aliphatic hydroxyl groups excluding tert-OH is 1. The average molecular weight is 488 g/mol. The first-order chi connectivity index (χ1) is 17.8. The molecule has 188 valence electrons. The highest BCUT2D eigenvalue weighted by molar-refractivity contribution is 5.84. The molecule has 10 nitrogen and oxygen atoms in total. The molecule has 36 heavy (non-hydrogen) atoms. The molecule has 2 N–H and O–H groups in total.